The predicted molar refractivity (Wildman–Crippen MR) is 64.9 cm³/mol. The number of rotatable bonds is 2. The molecule has 3 aromatic rings. The van der Waals surface area contributed by atoms with Crippen molar-refractivity contribution in [2.24, 2.45) is 0 Å². The molecule has 0 saturated heterocycles. The molecule has 1 aromatic heterocycles. The van der Waals surface area contributed by atoms with Crippen molar-refractivity contribution < 1.29 is 4.74 Å². The smallest absolute Gasteiger partial charge is 0.145 e. The van der Waals surface area contributed by atoms with E-state index in [0.717, 1.165) is 16.7 Å². The maximum absolute atomic E-state index is 5.08. The molecule has 0 spiro atoms. The van der Waals surface area contributed by atoms with Crippen molar-refractivity contribution in [3.8, 4) is 11.4 Å². The molecule has 1 heterocycles. The average Bonchev–Trinajstić information content (AvgIpc) is 2.82. The molecule has 0 aliphatic rings. The number of para-hydroxylation sites is 3. The van der Waals surface area contributed by atoms with Gasteiger partial charge in [-0.1, -0.05) is 29.5 Å². The monoisotopic (exact) mass is 224 g/mol. The molecule has 2 aromatic carbocycles. The lowest BCUT2D eigenvalue weighted by Crippen LogP contribution is -1.98. The summed E-state index contributed by atoms with van der Waals surface area (Å²) in [5.41, 5.74) is 2.62. The molecule has 17 heavy (non-hydrogen) atoms. The first kappa shape index (κ1) is 9.84. The van der Waals surface area contributed by atoms with E-state index < -0.39 is 0 Å². The minimum atomic E-state index is 0.670. The van der Waals surface area contributed by atoms with Crippen LogP contribution in [0.25, 0.3) is 16.7 Å². The van der Waals surface area contributed by atoms with Gasteiger partial charge in [0.15, 0.2) is 0 Å². The first-order chi connectivity index (χ1) is 8.40. The van der Waals surface area contributed by atoms with Crippen LogP contribution in [0.5, 0.6) is 5.75 Å². The highest BCUT2D eigenvalue weighted by atomic mass is 16.5. The number of nitrogens with zero attached hydrogens (tertiary/aromatic N) is 3. The third-order valence-electron chi connectivity index (χ3n) is 2.60. The summed E-state index contributed by atoms with van der Waals surface area (Å²) in [6, 6.07) is 15.4. The lowest BCUT2D eigenvalue weighted by molar-refractivity contribution is 0.468. The van der Waals surface area contributed by atoms with Gasteiger partial charge in [-0.25, -0.2) is 4.68 Å². The van der Waals surface area contributed by atoms with Crippen molar-refractivity contribution in [1.29, 1.82) is 0 Å². The predicted octanol–water partition coefficient (Wildman–Crippen LogP) is 2.59. The molecule has 0 amide bonds. The van der Waals surface area contributed by atoms with Crippen LogP contribution in [0.4, 0.5) is 0 Å². The summed E-state index contributed by atoms with van der Waals surface area (Å²) < 4.78 is 6.83. The summed E-state index contributed by atoms with van der Waals surface area (Å²) in [6.45, 7) is 0. The third kappa shape index (κ3) is 1.54. The number of ether oxygens (including phenoxy) is 1. The fraction of sp³-hybridized carbons (Fsp3) is 0. The second-order valence-corrected chi connectivity index (χ2v) is 3.60. The molecule has 83 valence electrons. The van der Waals surface area contributed by atoms with E-state index in [2.05, 4.69) is 17.4 Å². The van der Waals surface area contributed by atoms with Gasteiger partial charge < -0.3 is 4.74 Å². The molecule has 4 heteroatoms. The standard InChI is InChI=1S/C13H10N3O/c1-17-13-9-5-4-8-12(13)16-11-7-3-2-6-10(11)14-15-16/h2-9H,1H2. The SMILES string of the molecule is [CH2]Oc1ccccc1-n1nnc2ccccc21. The summed E-state index contributed by atoms with van der Waals surface area (Å²) in [5.74, 6) is 0.670. The first-order valence-electron chi connectivity index (χ1n) is 5.22. The first-order valence-corrected chi connectivity index (χ1v) is 5.22. The Morgan fingerprint density at radius 3 is 2.65 bits per heavy atom. The molecule has 1 radical (unpaired) electrons. The largest absolute Gasteiger partial charge is 0.488 e. The Kier molecular flexibility index (Phi) is 2.26. The van der Waals surface area contributed by atoms with Crippen LogP contribution in [0.15, 0.2) is 48.5 Å². The van der Waals surface area contributed by atoms with Gasteiger partial charge in [0.1, 0.15) is 24.1 Å². The van der Waals surface area contributed by atoms with Crippen molar-refractivity contribution in [2.75, 3.05) is 0 Å². The van der Waals surface area contributed by atoms with Gasteiger partial charge in [0, 0.05) is 0 Å². The Hall–Kier alpha value is -2.36. The normalized spacial score (nSPS) is 10.6. The summed E-state index contributed by atoms with van der Waals surface area (Å²) in [5, 5.41) is 8.24. The molecule has 0 atom stereocenters. The second kappa shape index (κ2) is 3.90. The fourth-order valence-corrected chi connectivity index (χ4v) is 1.80. The Labute approximate surface area is 98.4 Å². The summed E-state index contributed by atoms with van der Waals surface area (Å²) in [7, 11) is 3.45. The van der Waals surface area contributed by atoms with E-state index in [-0.39, 0.29) is 0 Å². The van der Waals surface area contributed by atoms with E-state index in [0.29, 0.717) is 5.75 Å². The number of benzene rings is 2. The fourth-order valence-electron chi connectivity index (χ4n) is 1.80. The molecule has 0 aliphatic carbocycles. The molecular formula is C13H10N3O. The van der Waals surface area contributed by atoms with E-state index in [1.807, 2.05) is 48.5 Å². The van der Waals surface area contributed by atoms with Crippen LogP contribution < -0.4 is 4.74 Å². The highest BCUT2D eigenvalue weighted by Crippen LogP contribution is 2.24. The van der Waals surface area contributed by atoms with Crippen LogP contribution >= 0.6 is 0 Å². The second-order valence-electron chi connectivity index (χ2n) is 3.60. The van der Waals surface area contributed by atoms with Crippen LogP contribution in [0, 0.1) is 7.11 Å². The van der Waals surface area contributed by atoms with Gasteiger partial charge in [-0.3, -0.25) is 0 Å². The number of fused-ring (bicyclic) bond motifs is 1. The topological polar surface area (TPSA) is 39.9 Å². The number of aromatic nitrogens is 3. The zero-order chi connectivity index (χ0) is 11.7. The van der Waals surface area contributed by atoms with E-state index in [9.17, 15) is 0 Å². The lowest BCUT2D eigenvalue weighted by atomic mass is 10.2. The van der Waals surface area contributed by atoms with Crippen molar-refractivity contribution >= 4 is 11.0 Å². The Morgan fingerprint density at radius 1 is 1.00 bits per heavy atom. The van der Waals surface area contributed by atoms with Crippen LogP contribution in [-0.2, 0) is 0 Å². The van der Waals surface area contributed by atoms with Gasteiger partial charge in [0.05, 0.1) is 5.52 Å². The van der Waals surface area contributed by atoms with Gasteiger partial charge in [0.25, 0.3) is 0 Å². The van der Waals surface area contributed by atoms with Crippen molar-refractivity contribution in [1.82, 2.24) is 15.0 Å². The van der Waals surface area contributed by atoms with E-state index >= 15 is 0 Å². The molecule has 0 unspecified atom stereocenters. The molecule has 0 fully saturated rings. The van der Waals surface area contributed by atoms with Crippen molar-refractivity contribution in [3.05, 3.63) is 55.6 Å². The molecule has 0 bridgehead atoms. The molecular weight excluding hydrogens is 214 g/mol. The average molecular weight is 224 g/mol. The van der Waals surface area contributed by atoms with E-state index in [1.165, 1.54) is 0 Å². The molecule has 4 nitrogen and oxygen atoms in total. The van der Waals surface area contributed by atoms with Crippen LogP contribution in [0.3, 0.4) is 0 Å². The maximum atomic E-state index is 5.08. The highest BCUT2D eigenvalue weighted by molar-refractivity contribution is 5.76. The van der Waals surface area contributed by atoms with Gasteiger partial charge in [-0.2, -0.15) is 0 Å². The summed E-state index contributed by atoms with van der Waals surface area (Å²) in [4.78, 5) is 0. The van der Waals surface area contributed by atoms with Gasteiger partial charge in [-0.15, -0.1) is 5.10 Å². The van der Waals surface area contributed by atoms with Crippen LogP contribution in [-0.4, -0.2) is 15.0 Å². The van der Waals surface area contributed by atoms with Crippen LogP contribution in [0.1, 0.15) is 0 Å². The van der Waals surface area contributed by atoms with Gasteiger partial charge >= 0.3 is 0 Å². The van der Waals surface area contributed by atoms with Crippen molar-refractivity contribution in [2.45, 2.75) is 0 Å². The number of hydrogen-bond donors (Lipinski definition) is 0. The minimum Gasteiger partial charge on any atom is -0.488 e. The molecule has 3 rings (SSSR count). The minimum absolute atomic E-state index is 0.670. The maximum Gasteiger partial charge on any atom is 0.145 e. The van der Waals surface area contributed by atoms with E-state index in [1.54, 1.807) is 4.68 Å². The summed E-state index contributed by atoms with van der Waals surface area (Å²) in [6.07, 6.45) is 0. The Morgan fingerprint density at radius 2 is 1.76 bits per heavy atom. The molecule has 0 saturated carbocycles. The zero-order valence-corrected chi connectivity index (χ0v) is 9.08. The Balaban J connectivity index is 2.27. The van der Waals surface area contributed by atoms with Crippen LogP contribution in [0.2, 0.25) is 0 Å². The molecule has 0 aliphatic heterocycles. The third-order valence-corrected chi connectivity index (χ3v) is 2.60. The van der Waals surface area contributed by atoms with E-state index in [4.69, 9.17) is 4.74 Å². The highest BCUT2D eigenvalue weighted by Gasteiger charge is 2.09. The van der Waals surface area contributed by atoms with Gasteiger partial charge in [-0.05, 0) is 24.3 Å². The lowest BCUT2D eigenvalue weighted by Gasteiger charge is -2.07. The van der Waals surface area contributed by atoms with Gasteiger partial charge in [0.2, 0.25) is 0 Å². The van der Waals surface area contributed by atoms with Crippen molar-refractivity contribution in [3.63, 3.8) is 0 Å². The zero-order valence-electron chi connectivity index (χ0n) is 9.08. The quantitative estimate of drug-likeness (QED) is 0.671. The number of hydrogen-bond acceptors (Lipinski definition) is 3. The molecule has 0 N–H and O–H groups in total. The Bertz CT molecular complexity index is 660. The summed E-state index contributed by atoms with van der Waals surface area (Å²) >= 11 is 0.